The molecule has 0 saturated heterocycles. The molecule has 0 radical (unpaired) electrons. The van der Waals surface area contributed by atoms with Crippen LogP contribution in [0.25, 0.3) is 0 Å². The zero-order chi connectivity index (χ0) is 17.1. The Labute approximate surface area is 145 Å². The summed E-state index contributed by atoms with van der Waals surface area (Å²) in [4.78, 5) is 26.0. The molecule has 2 heterocycles. The van der Waals surface area contributed by atoms with Crippen LogP contribution in [0.15, 0.2) is 16.5 Å². The van der Waals surface area contributed by atoms with Gasteiger partial charge < -0.3 is 14.5 Å². The van der Waals surface area contributed by atoms with Gasteiger partial charge in [0.05, 0.1) is 12.2 Å². The van der Waals surface area contributed by atoms with Crippen molar-refractivity contribution in [3.05, 3.63) is 39.7 Å². The molecule has 0 saturated carbocycles. The molecule has 24 heavy (non-hydrogen) atoms. The summed E-state index contributed by atoms with van der Waals surface area (Å²) in [7, 11) is 0. The summed E-state index contributed by atoms with van der Waals surface area (Å²) < 4.78 is 10.6. The van der Waals surface area contributed by atoms with Crippen molar-refractivity contribution in [2.45, 2.75) is 46.0 Å². The van der Waals surface area contributed by atoms with E-state index in [-0.39, 0.29) is 17.6 Å². The fourth-order valence-electron chi connectivity index (χ4n) is 2.97. The smallest absolute Gasteiger partial charge is 0.341 e. The zero-order valence-corrected chi connectivity index (χ0v) is 14.8. The minimum Gasteiger partial charge on any atom is -0.462 e. The van der Waals surface area contributed by atoms with Gasteiger partial charge in [-0.05, 0) is 57.2 Å². The van der Waals surface area contributed by atoms with Crippen LogP contribution in [0.1, 0.15) is 63.3 Å². The largest absolute Gasteiger partial charge is 0.462 e. The van der Waals surface area contributed by atoms with Crippen LogP contribution in [0.5, 0.6) is 0 Å². The second-order valence-electron chi connectivity index (χ2n) is 5.85. The summed E-state index contributed by atoms with van der Waals surface area (Å²) in [5.41, 5.74) is 1.57. The topological polar surface area (TPSA) is 68.5 Å². The van der Waals surface area contributed by atoms with Gasteiger partial charge >= 0.3 is 5.97 Å². The number of furan rings is 1. The lowest BCUT2D eigenvalue weighted by Crippen LogP contribution is -2.14. The van der Waals surface area contributed by atoms with Gasteiger partial charge in [-0.1, -0.05) is 6.42 Å². The molecule has 0 bridgehead atoms. The predicted molar refractivity (Wildman–Crippen MR) is 92.9 cm³/mol. The molecule has 0 aliphatic heterocycles. The molecule has 0 fully saturated rings. The number of ether oxygens (including phenoxy) is 1. The van der Waals surface area contributed by atoms with Crippen LogP contribution in [0.3, 0.4) is 0 Å². The van der Waals surface area contributed by atoms with E-state index in [0.717, 1.165) is 37.7 Å². The molecule has 6 heteroatoms. The molecule has 2 aromatic rings. The quantitative estimate of drug-likeness (QED) is 0.659. The molecule has 0 spiro atoms. The van der Waals surface area contributed by atoms with Crippen LogP contribution < -0.4 is 5.32 Å². The maximum atomic E-state index is 12.4. The maximum absolute atomic E-state index is 12.4. The van der Waals surface area contributed by atoms with Gasteiger partial charge in [0.2, 0.25) is 0 Å². The third-order valence-electron chi connectivity index (χ3n) is 4.09. The van der Waals surface area contributed by atoms with E-state index in [1.807, 2.05) is 0 Å². The molecule has 1 aliphatic rings. The van der Waals surface area contributed by atoms with Crippen LogP contribution in [0.4, 0.5) is 5.00 Å². The second-order valence-corrected chi connectivity index (χ2v) is 6.96. The summed E-state index contributed by atoms with van der Waals surface area (Å²) in [6, 6.07) is 3.37. The maximum Gasteiger partial charge on any atom is 0.341 e. The van der Waals surface area contributed by atoms with Gasteiger partial charge in [0.1, 0.15) is 10.8 Å². The van der Waals surface area contributed by atoms with Gasteiger partial charge in [0, 0.05) is 4.88 Å². The van der Waals surface area contributed by atoms with Crippen molar-refractivity contribution >= 4 is 28.2 Å². The lowest BCUT2D eigenvalue weighted by Gasteiger charge is -2.07. The van der Waals surface area contributed by atoms with E-state index in [4.69, 9.17) is 9.15 Å². The Bertz CT molecular complexity index is 759. The summed E-state index contributed by atoms with van der Waals surface area (Å²) >= 11 is 1.48. The first-order chi connectivity index (χ1) is 11.6. The van der Waals surface area contributed by atoms with Crippen molar-refractivity contribution in [3.63, 3.8) is 0 Å². The summed E-state index contributed by atoms with van der Waals surface area (Å²) in [6.07, 6.45) is 5.14. The molecule has 0 unspecified atom stereocenters. The Morgan fingerprint density at radius 2 is 2.04 bits per heavy atom. The van der Waals surface area contributed by atoms with Crippen LogP contribution in [-0.4, -0.2) is 18.5 Å². The summed E-state index contributed by atoms with van der Waals surface area (Å²) in [6.45, 7) is 3.88. The minimum atomic E-state index is -0.358. The molecule has 1 aliphatic carbocycles. The average molecular weight is 347 g/mol. The molecule has 1 amide bonds. The fraction of sp³-hybridized carbons (Fsp3) is 0.444. The number of hydrogen-bond acceptors (Lipinski definition) is 5. The van der Waals surface area contributed by atoms with Crippen molar-refractivity contribution in [1.82, 2.24) is 0 Å². The van der Waals surface area contributed by atoms with Crippen molar-refractivity contribution in [1.29, 1.82) is 0 Å². The standard InChI is InChI=1S/C18H21NO4S/c1-3-22-18(21)15-12-7-5-4-6-8-14(12)24-17(15)19-16(20)13-10-9-11(2)23-13/h9-10H,3-8H2,1-2H3,(H,19,20). The number of rotatable bonds is 4. The SMILES string of the molecule is CCOC(=O)c1c(NC(=O)c2ccc(C)o2)sc2c1CCCCC2. The van der Waals surface area contributed by atoms with Gasteiger partial charge in [0.25, 0.3) is 5.91 Å². The number of amides is 1. The molecular formula is C18H21NO4S. The highest BCUT2D eigenvalue weighted by Crippen LogP contribution is 2.38. The van der Waals surface area contributed by atoms with E-state index in [0.29, 0.717) is 22.9 Å². The third kappa shape index (κ3) is 3.38. The summed E-state index contributed by atoms with van der Waals surface area (Å²) in [5, 5.41) is 3.41. The Kier molecular flexibility index (Phi) is 5.04. The number of aryl methyl sites for hydroxylation is 2. The highest BCUT2D eigenvalue weighted by Gasteiger charge is 2.27. The monoisotopic (exact) mass is 347 g/mol. The van der Waals surface area contributed by atoms with E-state index in [2.05, 4.69) is 5.32 Å². The van der Waals surface area contributed by atoms with Gasteiger partial charge in [-0.3, -0.25) is 4.79 Å². The molecular weight excluding hydrogens is 326 g/mol. The first-order valence-corrected chi connectivity index (χ1v) is 9.11. The molecule has 0 aromatic carbocycles. The van der Waals surface area contributed by atoms with E-state index in [1.165, 1.54) is 16.2 Å². The van der Waals surface area contributed by atoms with Crippen LogP contribution in [-0.2, 0) is 17.6 Å². The molecule has 3 rings (SSSR count). The summed E-state index contributed by atoms with van der Waals surface area (Å²) in [5.74, 6) is 0.214. The minimum absolute atomic E-state index is 0.242. The third-order valence-corrected chi connectivity index (χ3v) is 5.30. The number of nitrogens with one attached hydrogen (secondary N) is 1. The predicted octanol–water partition coefficient (Wildman–Crippen LogP) is 4.35. The first-order valence-electron chi connectivity index (χ1n) is 8.29. The second kappa shape index (κ2) is 7.21. The Morgan fingerprint density at radius 3 is 2.75 bits per heavy atom. The number of thiophene rings is 1. The number of anilines is 1. The normalized spacial score (nSPS) is 13.9. The molecule has 0 atom stereocenters. The molecule has 1 N–H and O–H groups in total. The molecule has 2 aromatic heterocycles. The van der Waals surface area contributed by atoms with Gasteiger partial charge in [0.15, 0.2) is 5.76 Å². The van der Waals surface area contributed by atoms with E-state index >= 15 is 0 Å². The number of carbonyl (C=O) groups is 2. The van der Waals surface area contributed by atoms with E-state index in [1.54, 1.807) is 26.0 Å². The van der Waals surface area contributed by atoms with Gasteiger partial charge in [-0.2, -0.15) is 0 Å². The molecule has 128 valence electrons. The Balaban J connectivity index is 1.94. The van der Waals surface area contributed by atoms with Gasteiger partial charge in [-0.15, -0.1) is 11.3 Å². The number of carbonyl (C=O) groups excluding carboxylic acids is 2. The number of fused-ring (bicyclic) bond motifs is 1. The highest BCUT2D eigenvalue weighted by molar-refractivity contribution is 7.17. The van der Waals surface area contributed by atoms with E-state index in [9.17, 15) is 9.59 Å². The Hall–Kier alpha value is -2.08. The number of hydrogen-bond donors (Lipinski definition) is 1. The van der Waals surface area contributed by atoms with Crippen LogP contribution in [0.2, 0.25) is 0 Å². The average Bonchev–Trinajstić information content (AvgIpc) is 3.04. The van der Waals surface area contributed by atoms with Crippen LogP contribution in [0, 0.1) is 6.92 Å². The van der Waals surface area contributed by atoms with Crippen molar-refractivity contribution < 1.29 is 18.7 Å². The first kappa shape index (κ1) is 16.8. The zero-order valence-electron chi connectivity index (χ0n) is 13.9. The van der Waals surface area contributed by atoms with E-state index < -0.39 is 0 Å². The van der Waals surface area contributed by atoms with Gasteiger partial charge in [-0.25, -0.2) is 4.79 Å². The Morgan fingerprint density at radius 1 is 1.25 bits per heavy atom. The lowest BCUT2D eigenvalue weighted by atomic mass is 10.1. The fourth-order valence-corrected chi connectivity index (χ4v) is 4.24. The van der Waals surface area contributed by atoms with Crippen molar-refractivity contribution in [2.24, 2.45) is 0 Å². The highest BCUT2D eigenvalue weighted by atomic mass is 32.1. The lowest BCUT2D eigenvalue weighted by molar-refractivity contribution is 0.0527. The van der Waals surface area contributed by atoms with Crippen molar-refractivity contribution in [3.8, 4) is 0 Å². The number of esters is 1. The molecule has 5 nitrogen and oxygen atoms in total. The van der Waals surface area contributed by atoms with Crippen LogP contribution >= 0.6 is 11.3 Å². The van der Waals surface area contributed by atoms with Crippen molar-refractivity contribution in [2.75, 3.05) is 11.9 Å².